The number of methoxy groups -OCH3 is 1. The smallest absolute Gasteiger partial charge is 0.305 e. The summed E-state index contributed by atoms with van der Waals surface area (Å²) in [4.78, 5) is 40.7. The predicted molar refractivity (Wildman–Crippen MR) is 188 cm³/mol. The molecule has 2 N–H and O–H groups in total. The van der Waals surface area contributed by atoms with Crippen molar-refractivity contribution in [1.29, 1.82) is 0 Å². The van der Waals surface area contributed by atoms with Crippen LogP contribution in [-0.4, -0.2) is 67.1 Å². The molecule has 50 heavy (non-hydrogen) atoms. The first-order valence-electron chi connectivity index (χ1n) is 16.7. The molecule has 2 aromatic heterocycles. The van der Waals surface area contributed by atoms with Crippen molar-refractivity contribution in [3.63, 3.8) is 0 Å². The molecule has 1 amide bonds. The lowest BCUT2D eigenvalue weighted by Crippen LogP contribution is -2.44. The minimum absolute atomic E-state index is 0.0935. The van der Waals surface area contributed by atoms with Crippen molar-refractivity contribution in [2.24, 2.45) is 5.92 Å². The Hall–Kier alpha value is -5.46. The highest BCUT2D eigenvalue weighted by atomic mass is 16.5. The molecule has 0 saturated heterocycles. The quantitative estimate of drug-likeness (QED) is 0.0998. The zero-order valence-electron chi connectivity index (χ0n) is 28.1. The van der Waals surface area contributed by atoms with Gasteiger partial charge in [0.1, 0.15) is 0 Å². The summed E-state index contributed by atoms with van der Waals surface area (Å²) in [5.74, 6) is -1.72. The van der Waals surface area contributed by atoms with Crippen molar-refractivity contribution in [1.82, 2.24) is 24.8 Å². The second-order valence-corrected chi connectivity index (χ2v) is 12.5. The minimum atomic E-state index is -1.92. The Morgan fingerprint density at radius 3 is 2.58 bits per heavy atom. The highest BCUT2D eigenvalue weighted by Gasteiger charge is 2.52. The van der Waals surface area contributed by atoms with Gasteiger partial charge < -0.3 is 19.8 Å². The number of carbonyl (C=O) groups excluding carboxylic acids is 2. The number of carbonyl (C=O) groups is 2. The fraction of sp³-hybridized carbons (Fsp3) is 0.316. The van der Waals surface area contributed by atoms with Crippen LogP contribution in [0, 0.1) is 5.92 Å². The topological polar surface area (TPSA) is 153 Å². The number of benzene rings is 3. The fourth-order valence-electron chi connectivity index (χ4n) is 6.49. The predicted octanol–water partition coefficient (Wildman–Crippen LogP) is 4.26. The third-order valence-electron chi connectivity index (χ3n) is 9.34. The zero-order valence-corrected chi connectivity index (χ0v) is 28.1. The Bertz CT molecular complexity index is 2080. The van der Waals surface area contributed by atoms with E-state index in [9.17, 15) is 24.6 Å². The normalized spacial score (nSPS) is 17.0. The number of anilines is 1. The van der Waals surface area contributed by atoms with Crippen LogP contribution < -0.4 is 10.5 Å². The number of allylic oxidation sites excluding steroid dienone is 1. The Morgan fingerprint density at radius 2 is 1.80 bits per heavy atom. The number of amides is 1. The molecule has 1 unspecified atom stereocenters. The molecule has 6 rings (SSSR count). The highest BCUT2D eigenvalue weighted by molar-refractivity contribution is 6.07. The van der Waals surface area contributed by atoms with E-state index in [-0.39, 0.29) is 30.5 Å². The van der Waals surface area contributed by atoms with Crippen LogP contribution in [0.2, 0.25) is 0 Å². The number of unbranched alkanes of at least 4 members (excludes halogenated alkanes) is 1. The van der Waals surface area contributed by atoms with E-state index in [4.69, 9.17) is 4.74 Å². The summed E-state index contributed by atoms with van der Waals surface area (Å²) in [6.45, 7) is 2.48. The van der Waals surface area contributed by atoms with Gasteiger partial charge in [-0.15, -0.1) is 5.10 Å². The van der Waals surface area contributed by atoms with Crippen molar-refractivity contribution in [3.8, 4) is 5.69 Å². The van der Waals surface area contributed by atoms with Gasteiger partial charge in [0.15, 0.2) is 5.60 Å². The number of nitrogens with zero attached hydrogens (tertiary/aromatic N) is 6. The van der Waals surface area contributed by atoms with Crippen molar-refractivity contribution in [2.75, 3.05) is 25.2 Å². The molecular formula is C38H40N6O6. The molecule has 12 nitrogen and oxygen atoms in total. The maximum absolute atomic E-state index is 14.1. The van der Waals surface area contributed by atoms with Gasteiger partial charge in [0.25, 0.3) is 11.5 Å². The van der Waals surface area contributed by atoms with Crippen LogP contribution in [0.1, 0.15) is 55.3 Å². The Balaban J connectivity index is 1.23. The molecule has 0 bridgehead atoms. The molecule has 0 aliphatic carbocycles. The Labute approximate surface area is 289 Å². The summed E-state index contributed by atoms with van der Waals surface area (Å²) in [5, 5.41) is 36.4. The van der Waals surface area contributed by atoms with Crippen LogP contribution in [0.3, 0.4) is 0 Å². The summed E-state index contributed by atoms with van der Waals surface area (Å²) >= 11 is 0. The SMILES string of the molecule is COC(=O)CCCCN1C(=O)[C@](O)([C@H](C)/C=C/CCn2cc(C(CO)c3ccccc3)nn2)c2cc(-n3ncc4ccccc4c3=O)ccc21. The molecule has 0 radical (unpaired) electrons. The average molecular weight is 677 g/mol. The zero-order chi connectivity index (χ0) is 35.3. The van der Waals surface area contributed by atoms with Gasteiger partial charge in [0, 0.05) is 42.6 Å². The lowest BCUT2D eigenvalue weighted by atomic mass is 9.82. The third kappa shape index (κ3) is 6.72. The van der Waals surface area contributed by atoms with Gasteiger partial charge >= 0.3 is 5.97 Å². The van der Waals surface area contributed by atoms with Crippen LogP contribution in [-0.2, 0) is 26.5 Å². The standard InChI is InChI=1S/C38H40N6O6/c1-26(12-8-10-20-42-24-33(40-41-42)31(25-45)27-13-4-3-5-14-27)38(49)32-22-29(44-36(47)30-16-7-6-15-28(30)23-39-44)18-19-34(32)43(37(38)48)21-11-9-17-35(46)50-2/h3-8,12-16,18-19,22-24,26,31,45,49H,9-11,17,20-21,25H2,1-2H3/b12-8+/t26-,31?,38+/m1/s1. The maximum Gasteiger partial charge on any atom is 0.305 e. The van der Waals surface area contributed by atoms with E-state index in [0.29, 0.717) is 65.8 Å². The lowest BCUT2D eigenvalue weighted by Gasteiger charge is -2.28. The number of hydrogen-bond donors (Lipinski definition) is 2. The van der Waals surface area contributed by atoms with Crippen LogP contribution in [0.5, 0.6) is 0 Å². The van der Waals surface area contributed by atoms with E-state index < -0.39 is 17.4 Å². The van der Waals surface area contributed by atoms with Gasteiger partial charge in [-0.05, 0) is 49.1 Å². The number of aromatic nitrogens is 5. The van der Waals surface area contributed by atoms with E-state index in [2.05, 4.69) is 15.4 Å². The van der Waals surface area contributed by atoms with E-state index in [0.717, 1.165) is 5.56 Å². The number of rotatable bonds is 14. The third-order valence-corrected chi connectivity index (χ3v) is 9.34. The summed E-state index contributed by atoms with van der Waals surface area (Å²) in [6, 6.07) is 21.9. The molecule has 0 saturated carbocycles. The van der Waals surface area contributed by atoms with Crippen molar-refractivity contribution < 1.29 is 24.5 Å². The number of aliphatic hydroxyl groups excluding tert-OH is 1. The monoisotopic (exact) mass is 676 g/mol. The van der Waals surface area contributed by atoms with Crippen LogP contribution in [0.15, 0.2) is 102 Å². The molecule has 1 aliphatic rings. The first-order valence-corrected chi connectivity index (χ1v) is 16.7. The van der Waals surface area contributed by atoms with Gasteiger partial charge in [-0.25, -0.2) is 0 Å². The molecule has 5 aromatic rings. The molecule has 0 spiro atoms. The molecule has 258 valence electrons. The number of aryl methyl sites for hydroxylation is 1. The van der Waals surface area contributed by atoms with Gasteiger partial charge in [-0.1, -0.05) is 72.8 Å². The highest BCUT2D eigenvalue weighted by Crippen LogP contribution is 2.46. The van der Waals surface area contributed by atoms with E-state index in [1.54, 1.807) is 53.0 Å². The number of esters is 1. The summed E-state index contributed by atoms with van der Waals surface area (Å²) < 4.78 is 7.73. The number of aliphatic hydroxyl groups is 2. The van der Waals surface area contributed by atoms with Gasteiger partial charge in [0.2, 0.25) is 0 Å². The molecule has 3 aromatic carbocycles. The van der Waals surface area contributed by atoms with Crippen molar-refractivity contribution >= 4 is 28.3 Å². The summed E-state index contributed by atoms with van der Waals surface area (Å²) in [5.41, 5.74) is 0.731. The van der Waals surface area contributed by atoms with Crippen LogP contribution >= 0.6 is 0 Å². The maximum atomic E-state index is 14.1. The number of hydrogen-bond acceptors (Lipinski definition) is 9. The van der Waals surface area contributed by atoms with Crippen molar-refractivity contribution in [2.45, 2.75) is 50.7 Å². The molecule has 12 heteroatoms. The van der Waals surface area contributed by atoms with Gasteiger partial charge in [0.05, 0.1) is 48.3 Å². The van der Waals surface area contributed by atoms with E-state index >= 15 is 0 Å². The van der Waals surface area contributed by atoms with E-state index in [1.807, 2.05) is 60.8 Å². The largest absolute Gasteiger partial charge is 0.469 e. The average Bonchev–Trinajstić information content (AvgIpc) is 3.69. The first-order chi connectivity index (χ1) is 24.3. The van der Waals surface area contributed by atoms with Gasteiger partial charge in [-0.3, -0.25) is 19.1 Å². The lowest BCUT2D eigenvalue weighted by molar-refractivity contribution is -0.140. The second kappa shape index (κ2) is 15.0. The van der Waals surface area contributed by atoms with Gasteiger partial charge in [-0.2, -0.15) is 9.78 Å². The summed E-state index contributed by atoms with van der Waals surface area (Å²) in [7, 11) is 1.34. The number of fused-ring (bicyclic) bond motifs is 2. The molecule has 3 atom stereocenters. The molecule has 1 aliphatic heterocycles. The minimum Gasteiger partial charge on any atom is -0.469 e. The Kier molecular flexibility index (Phi) is 10.3. The van der Waals surface area contributed by atoms with Crippen LogP contribution in [0.25, 0.3) is 16.5 Å². The first kappa shape index (κ1) is 34.4. The summed E-state index contributed by atoms with van der Waals surface area (Å²) in [6.07, 6.45) is 8.96. The second-order valence-electron chi connectivity index (χ2n) is 12.5. The molecule has 0 fully saturated rings. The molecule has 3 heterocycles. The molecular weight excluding hydrogens is 636 g/mol. The Morgan fingerprint density at radius 1 is 1.02 bits per heavy atom. The number of ether oxygens (including phenoxy) is 1. The van der Waals surface area contributed by atoms with Crippen LogP contribution in [0.4, 0.5) is 5.69 Å². The van der Waals surface area contributed by atoms with E-state index in [1.165, 1.54) is 11.8 Å². The van der Waals surface area contributed by atoms with Crippen molar-refractivity contribution in [3.05, 3.63) is 125 Å². The fourth-order valence-corrected chi connectivity index (χ4v) is 6.49.